The number of hydrogen-bond donors (Lipinski definition) is 3. The molecule has 1 aliphatic rings. The molecular weight excluding hydrogens is 475 g/mol. The Morgan fingerprint density at radius 1 is 1.19 bits per heavy atom. The second-order valence-corrected chi connectivity index (χ2v) is 8.03. The summed E-state index contributed by atoms with van der Waals surface area (Å²) in [7, 11) is 0. The van der Waals surface area contributed by atoms with Crippen LogP contribution in [0, 0.1) is 0 Å². The number of carboxylic acid groups (broad SMARTS) is 1. The maximum Gasteiger partial charge on any atom is 0.490 e. The molecule has 3 N–H and O–H groups in total. The molecule has 1 aliphatic heterocycles. The highest BCUT2D eigenvalue weighted by atomic mass is 79.9. The van der Waals surface area contributed by atoms with Crippen molar-refractivity contribution in [3.63, 3.8) is 0 Å². The highest BCUT2D eigenvalue weighted by Crippen LogP contribution is 2.28. The van der Waals surface area contributed by atoms with Gasteiger partial charge in [0.05, 0.1) is 0 Å². The highest BCUT2D eigenvalue weighted by molar-refractivity contribution is 9.10. The van der Waals surface area contributed by atoms with Crippen LogP contribution in [0.25, 0.3) is 10.9 Å². The number of aryl methyl sites for hydroxylation is 1. The maximum atomic E-state index is 10.6. The van der Waals surface area contributed by atoms with E-state index in [9.17, 15) is 13.2 Å². The number of rotatable bonds is 5. The Hall–Kier alpha value is -2.52. The molecule has 0 saturated carbocycles. The van der Waals surface area contributed by atoms with Crippen LogP contribution in [0.2, 0.25) is 0 Å². The summed E-state index contributed by atoms with van der Waals surface area (Å²) in [6.07, 6.45) is -2.84. The van der Waals surface area contributed by atoms with Crippen LogP contribution in [0.3, 0.4) is 0 Å². The summed E-state index contributed by atoms with van der Waals surface area (Å²) >= 11 is 3.52. The number of alkyl halides is 3. The normalized spacial score (nSPS) is 13.3. The molecule has 166 valence electrons. The molecule has 9 heteroatoms. The summed E-state index contributed by atoms with van der Waals surface area (Å²) in [4.78, 5) is 8.90. The standard InChI is InChI=1S/C20H22BrN3.C2HF3O2/c21-15-5-3-6-16(13-15)23-10-4-12-24-19-8-2-1-7-17(19)18-9-11-22-14-20(18)24;3-2(4,5)1(6)7/h1-3,5-8,13,22-23H,4,9-12,14H2;(H,6,7). The van der Waals surface area contributed by atoms with Gasteiger partial charge in [0.25, 0.3) is 0 Å². The van der Waals surface area contributed by atoms with Crippen LogP contribution in [0.1, 0.15) is 17.7 Å². The van der Waals surface area contributed by atoms with Gasteiger partial charge in [0, 0.05) is 46.4 Å². The van der Waals surface area contributed by atoms with Crippen molar-refractivity contribution in [2.75, 3.05) is 18.4 Å². The highest BCUT2D eigenvalue weighted by Gasteiger charge is 2.38. The van der Waals surface area contributed by atoms with Crippen LogP contribution in [0.15, 0.2) is 53.0 Å². The number of halogens is 4. The van der Waals surface area contributed by atoms with Crippen molar-refractivity contribution in [1.82, 2.24) is 9.88 Å². The van der Waals surface area contributed by atoms with Gasteiger partial charge < -0.3 is 20.3 Å². The number of anilines is 1. The average molecular weight is 498 g/mol. The van der Waals surface area contributed by atoms with Crippen LogP contribution >= 0.6 is 15.9 Å². The van der Waals surface area contributed by atoms with E-state index >= 15 is 0 Å². The predicted molar refractivity (Wildman–Crippen MR) is 118 cm³/mol. The molecule has 0 unspecified atom stereocenters. The van der Waals surface area contributed by atoms with Gasteiger partial charge >= 0.3 is 12.1 Å². The molecule has 0 saturated heterocycles. The van der Waals surface area contributed by atoms with E-state index in [1.165, 1.54) is 22.3 Å². The number of hydrogen-bond acceptors (Lipinski definition) is 3. The van der Waals surface area contributed by atoms with Crippen molar-refractivity contribution >= 4 is 38.5 Å². The van der Waals surface area contributed by atoms with Crippen molar-refractivity contribution in [1.29, 1.82) is 0 Å². The number of fused-ring (bicyclic) bond motifs is 3. The fourth-order valence-corrected chi connectivity index (χ4v) is 4.05. The molecular formula is C22H23BrF3N3O2. The summed E-state index contributed by atoms with van der Waals surface area (Å²) in [5, 5.41) is 15.6. The minimum absolute atomic E-state index is 0.977. The summed E-state index contributed by atoms with van der Waals surface area (Å²) in [5.74, 6) is -2.76. The molecule has 0 radical (unpaired) electrons. The Labute approximate surface area is 186 Å². The minimum atomic E-state index is -5.08. The van der Waals surface area contributed by atoms with E-state index in [-0.39, 0.29) is 0 Å². The predicted octanol–water partition coefficient (Wildman–Crippen LogP) is 5.19. The summed E-state index contributed by atoms with van der Waals surface area (Å²) < 4.78 is 35.4. The molecule has 4 rings (SSSR count). The first kappa shape index (κ1) is 23.1. The van der Waals surface area contributed by atoms with Gasteiger partial charge in [-0.2, -0.15) is 13.2 Å². The van der Waals surface area contributed by atoms with Gasteiger partial charge in [-0.1, -0.05) is 40.2 Å². The summed E-state index contributed by atoms with van der Waals surface area (Å²) in [6.45, 7) is 4.11. The fourth-order valence-electron chi connectivity index (χ4n) is 3.65. The van der Waals surface area contributed by atoms with Crippen molar-refractivity contribution in [2.24, 2.45) is 0 Å². The van der Waals surface area contributed by atoms with E-state index in [2.05, 4.69) is 79.7 Å². The SMILES string of the molecule is Brc1cccc(NCCCn2c3c(c4ccccc42)CCNC3)c1.O=C(O)C(F)(F)F. The van der Waals surface area contributed by atoms with Gasteiger partial charge in [0.15, 0.2) is 0 Å². The first-order chi connectivity index (χ1) is 14.8. The zero-order chi connectivity index (χ0) is 22.4. The second-order valence-electron chi connectivity index (χ2n) is 7.11. The van der Waals surface area contributed by atoms with E-state index in [1.807, 2.05) is 0 Å². The minimum Gasteiger partial charge on any atom is -0.475 e. The molecule has 0 aliphatic carbocycles. The lowest BCUT2D eigenvalue weighted by Gasteiger charge is -2.17. The maximum absolute atomic E-state index is 10.6. The van der Waals surface area contributed by atoms with Crippen LogP contribution < -0.4 is 10.6 Å². The number of nitrogens with zero attached hydrogens (tertiary/aromatic N) is 1. The van der Waals surface area contributed by atoms with Gasteiger partial charge in [-0.25, -0.2) is 4.79 Å². The number of para-hydroxylation sites is 1. The lowest BCUT2D eigenvalue weighted by molar-refractivity contribution is -0.192. The van der Waals surface area contributed by atoms with Crippen LogP contribution in [-0.4, -0.2) is 34.9 Å². The molecule has 0 amide bonds. The van der Waals surface area contributed by atoms with Crippen LogP contribution in [-0.2, 0) is 24.3 Å². The van der Waals surface area contributed by atoms with Gasteiger partial charge in [-0.05, 0) is 49.2 Å². The Morgan fingerprint density at radius 2 is 1.94 bits per heavy atom. The number of aliphatic carboxylic acids is 1. The van der Waals surface area contributed by atoms with Gasteiger partial charge in [-0.3, -0.25) is 0 Å². The fraction of sp³-hybridized carbons (Fsp3) is 0.318. The van der Waals surface area contributed by atoms with Crippen LogP contribution in [0.5, 0.6) is 0 Å². The lowest BCUT2D eigenvalue weighted by Crippen LogP contribution is -2.25. The monoisotopic (exact) mass is 497 g/mol. The Kier molecular flexibility index (Phi) is 7.61. The van der Waals surface area contributed by atoms with Gasteiger partial charge in [0.2, 0.25) is 0 Å². The zero-order valence-corrected chi connectivity index (χ0v) is 18.3. The van der Waals surface area contributed by atoms with Crippen LogP contribution in [0.4, 0.5) is 18.9 Å². The topological polar surface area (TPSA) is 66.3 Å². The van der Waals surface area contributed by atoms with Crippen molar-refractivity contribution < 1.29 is 23.1 Å². The molecule has 5 nitrogen and oxygen atoms in total. The first-order valence-corrected chi connectivity index (χ1v) is 10.7. The summed E-state index contributed by atoms with van der Waals surface area (Å²) in [6, 6.07) is 17.2. The van der Waals surface area contributed by atoms with E-state index in [4.69, 9.17) is 9.90 Å². The van der Waals surface area contributed by atoms with E-state index < -0.39 is 12.1 Å². The van der Waals surface area contributed by atoms with E-state index in [0.717, 1.165) is 43.5 Å². The van der Waals surface area contributed by atoms with E-state index in [0.29, 0.717) is 0 Å². The third-order valence-electron chi connectivity index (χ3n) is 4.99. The molecule has 2 heterocycles. The van der Waals surface area contributed by atoms with Crippen molar-refractivity contribution in [2.45, 2.75) is 32.1 Å². The number of carbonyl (C=O) groups is 1. The third kappa shape index (κ3) is 6.01. The van der Waals surface area contributed by atoms with Gasteiger partial charge in [0.1, 0.15) is 0 Å². The molecule has 2 aromatic carbocycles. The van der Waals surface area contributed by atoms with Gasteiger partial charge in [-0.15, -0.1) is 0 Å². The number of nitrogens with one attached hydrogen (secondary N) is 2. The first-order valence-electron chi connectivity index (χ1n) is 9.86. The molecule has 3 aromatic rings. The number of carboxylic acids is 1. The number of benzene rings is 2. The Bertz CT molecular complexity index is 1050. The van der Waals surface area contributed by atoms with E-state index in [1.54, 1.807) is 5.56 Å². The summed E-state index contributed by atoms with van der Waals surface area (Å²) in [5.41, 5.74) is 5.58. The molecule has 1 aromatic heterocycles. The number of aromatic nitrogens is 1. The molecule has 0 atom stereocenters. The Balaban J connectivity index is 0.000000339. The van der Waals surface area contributed by atoms with Crippen molar-refractivity contribution in [3.05, 3.63) is 64.3 Å². The molecule has 0 spiro atoms. The smallest absolute Gasteiger partial charge is 0.475 e. The molecule has 31 heavy (non-hydrogen) atoms. The van der Waals surface area contributed by atoms with Crippen molar-refractivity contribution in [3.8, 4) is 0 Å². The molecule has 0 bridgehead atoms. The largest absolute Gasteiger partial charge is 0.490 e. The molecule has 0 fully saturated rings. The third-order valence-corrected chi connectivity index (χ3v) is 5.49. The second kappa shape index (κ2) is 10.2. The zero-order valence-electron chi connectivity index (χ0n) is 16.7. The Morgan fingerprint density at radius 3 is 2.65 bits per heavy atom. The average Bonchev–Trinajstić information content (AvgIpc) is 3.05. The lowest BCUT2D eigenvalue weighted by atomic mass is 10.1. The quantitative estimate of drug-likeness (QED) is 0.424.